The lowest BCUT2D eigenvalue weighted by atomic mass is 10.1. The largest absolute Gasteiger partial charge is 0.326 e. The third kappa shape index (κ3) is 3.01. The molecule has 0 saturated carbocycles. The Hall–Kier alpha value is -2.15. The first-order chi connectivity index (χ1) is 11.0. The fourth-order valence-corrected chi connectivity index (χ4v) is 2.64. The number of halogens is 5. The fraction of sp³-hybridized carbons (Fsp3) is 0.0625. The summed E-state index contributed by atoms with van der Waals surface area (Å²) in [5.41, 5.74) is 0.593. The predicted molar refractivity (Wildman–Crippen MR) is 80.7 cm³/mol. The molecule has 0 bridgehead atoms. The minimum Gasteiger partial charge on any atom is -0.326 e. The number of hydrogen-bond acceptors (Lipinski definition) is 1. The summed E-state index contributed by atoms with van der Waals surface area (Å²) in [5, 5.41) is 0. The van der Waals surface area contributed by atoms with Gasteiger partial charge in [0.1, 0.15) is 11.6 Å². The Labute approximate surface area is 137 Å². The lowest BCUT2D eigenvalue weighted by Gasteiger charge is -2.10. The van der Waals surface area contributed by atoms with Crippen LogP contribution in [0, 0.1) is 23.3 Å². The zero-order chi connectivity index (χ0) is 16.6. The third-order valence-electron chi connectivity index (χ3n) is 3.33. The molecule has 1 aromatic heterocycles. The average molecular weight is 385 g/mol. The van der Waals surface area contributed by atoms with Gasteiger partial charge in [-0.05, 0) is 45.8 Å². The van der Waals surface area contributed by atoms with Crippen LogP contribution in [0.5, 0.6) is 0 Å². The highest BCUT2D eigenvalue weighted by molar-refractivity contribution is 9.10. The van der Waals surface area contributed by atoms with Gasteiger partial charge in [-0.25, -0.2) is 22.5 Å². The van der Waals surface area contributed by atoms with Gasteiger partial charge in [0.15, 0.2) is 17.5 Å². The van der Waals surface area contributed by atoms with E-state index in [0.717, 1.165) is 17.7 Å². The van der Waals surface area contributed by atoms with Gasteiger partial charge in [-0.15, -0.1) is 0 Å². The van der Waals surface area contributed by atoms with Crippen molar-refractivity contribution in [2.75, 3.05) is 0 Å². The van der Waals surface area contributed by atoms with Crippen LogP contribution < -0.4 is 0 Å². The van der Waals surface area contributed by atoms with E-state index in [2.05, 4.69) is 20.9 Å². The van der Waals surface area contributed by atoms with Gasteiger partial charge in [0, 0.05) is 18.9 Å². The summed E-state index contributed by atoms with van der Waals surface area (Å²) in [6.45, 7) is 0.270. The smallest absolute Gasteiger partial charge is 0.195 e. The second kappa shape index (κ2) is 6.16. The maximum atomic E-state index is 13.9. The van der Waals surface area contributed by atoms with Crippen molar-refractivity contribution in [2.24, 2.45) is 0 Å². The van der Waals surface area contributed by atoms with E-state index in [1.807, 2.05) is 0 Å². The SMILES string of the molecule is Fc1ccc(Cn2ccnc2-c2ccc(F)c(F)c2F)cc1Br. The maximum Gasteiger partial charge on any atom is 0.195 e. The van der Waals surface area contributed by atoms with Gasteiger partial charge in [-0.1, -0.05) is 6.07 Å². The zero-order valence-electron chi connectivity index (χ0n) is 11.5. The van der Waals surface area contributed by atoms with Crippen molar-refractivity contribution in [3.63, 3.8) is 0 Å². The number of benzene rings is 2. The molecule has 0 N–H and O–H groups in total. The molecule has 0 radical (unpaired) electrons. The molecular formula is C16H9BrF4N2. The summed E-state index contributed by atoms with van der Waals surface area (Å²) < 4.78 is 55.5. The van der Waals surface area contributed by atoms with Crippen LogP contribution in [0.15, 0.2) is 47.2 Å². The predicted octanol–water partition coefficient (Wildman–Crippen LogP) is 4.92. The van der Waals surface area contributed by atoms with Crippen LogP contribution in [0.1, 0.15) is 5.56 Å². The Kier molecular flexibility index (Phi) is 4.21. The highest BCUT2D eigenvalue weighted by Crippen LogP contribution is 2.26. The van der Waals surface area contributed by atoms with Crippen molar-refractivity contribution in [2.45, 2.75) is 6.54 Å². The molecule has 2 aromatic carbocycles. The fourth-order valence-electron chi connectivity index (χ4n) is 2.21. The second-order valence-corrected chi connectivity index (χ2v) is 5.70. The van der Waals surface area contributed by atoms with Crippen LogP contribution in [-0.4, -0.2) is 9.55 Å². The monoisotopic (exact) mass is 384 g/mol. The molecule has 3 aromatic rings. The van der Waals surface area contributed by atoms with Gasteiger partial charge in [0.2, 0.25) is 0 Å². The van der Waals surface area contributed by atoms with Crippen molar-refractivity contribution in [1.82, 2.24) is 9.55 Å². The molecule has 0 aliphatic rings. The van der Waals surface area contributed by atoms with Gasteiger partial charge >= 0.3 is 0 Å². The van der Waals surface area contributed by atoms with Crippen molar-refractivity contribution < 1.29 is 17.6 Å². The van der Waals surface area contributed by atoms with Gasteiger partial charge < -0.3 is 4.57 Å². The van der Waals surface area contributed by atoms with Gasteiger partial charge in [-0.2, -0.15) is 0 Å². The molecule has 0 atom stereocenters. The number of aromatic nitrogens is 2. The van der Waals surface area contributed by atoms with Gasteiger partial charge in [0.05, 0.1) is 10.0 Å². The van der Waals surface area contributed by atoms with Crippen LogP contribution in [0.4, 0.5) is 17.6 Å². The van der Waals surface area contributed by atoms with Crippen LogP contribution in [0.2, 0.25) is 0 Å². The average Bonchev–Trinajstić information content (AvgIpc) is 2.97. The summed E-state index contributed by atoms with van der Waals surface area (Å²) in [6, 6.07) is 6.44. The number of hydrogen-bond donors (Lipinski definition) is 0. The lowest BCUT2D eigenvalue weighted by molar-refractivity contribution is 0.448. The van der Waals surface area contributed by atoms with Gasteiger partial charge in [-0.3, -0.25) is 0 Å². The van der Waals surface area contributed by atoms with E-state index in [9.17, 15) is 17.6 Å². The molecule has 0 fully saturated rings. The first-order valence-electron chi connectivity index (χ1n) is 6.56. The van der Waals surface area contributed by atoms with E-state index in [1.54, 1.807) is 22.9 Å². The third-order valence-corrected chi connectivity index (χ3v) is 3.94. The summed E-state index contributed by atoms with van der Waals surface area (Å²) in [4.78, 5) is 4.00. The highest BCUT2D eigenvalue weighted by Gasteiger charge is 2.18. The van der Waals surface area contributed by atoms with E-state index in [0.29, 0.717) is 4.47 Å². The van der Waals surface area contributed by atoms with Crippen molar-refractivity contribution >= 4 is 15.9 Å². The van der Waals surface area contributed by atoms with Crippen LogP contribution in [0.3, 0.4) is 0 Å². The van der Waals surface area contributed by atoms with Crippen LogP contribution >= 0.6 is 15.9 Å². The molecule has 0 spiro atoms. The molecule has 3 rings (SSSR count). The molecule has 0 aliphatic carbocycles. The van der Waals surface area contributed by atoms with Crippen molar-refractivity contribution in [3.8, 4) is 11.4 Å². The van der Waals surface area contributed by atoms with E-state index < -0.39 is 23.3 Å². The molecule has 0 saturated heterocycles. The van der Waals surface area contributed by atoms with E-state index in [-0.39, 0.29) is 17.9 Å². The number of nitrogens with zero attached hydrogens (tertiary/aromatic N) is 2. The molecule has 118 valence electrons. The quantitative estimate of drug-likeness (QED) is 0.463. The Morgan fingerprint density at radius 3 is 2.43 bits per heavy atom. The second-order valence-electron chi connectivity index (χ2n) is 4.85. The zero-order valence-corrected chi connectivity index (χ0v) is 13.1. The van der Waals surface area contributed by atoms with Crippen molar-refractivity contribution in [3.05, 3.63) is 76.0 Å². The molecule has 7 heteroatoms. The molecule has 0 unspecified atom stereocenters. The topological polar surface area (TPSA) is 17.8 Å². The van der Waals surface area contributed by atoms with Crippen LogP contribution in [0.25, 0.3) is 11.4 Å². The summed E-state index contributed by atoms with van der Waals surface area (Å²) in [7, 11) is 0. The Balaban J connectivity index is 2.00. The minimum atomic E-state index is -1.54. The van der Waals surface area contributed by atoms with Crippen LogP contribution in [-0.2, 0) is 6.54 Å². The molecule has 0 amide bonds. The summed E-state index contributed by atoms with van der Waals surface area (Å²) >= 11 is 3.09. The molecular weight excluding hydrogens is 376 g/mol. The lowest BCUT2D eigenvalue weighted by Crippen LogP contribution is -2.04. The van der Waals surface area contributed by atoms with E-state index >= 15 is 0 Å². The van der Waals surface area contributed by atoms with Crippen molar-refractivity contribution in [1.29, 1.82) is 0 Å². The Morgan fingerprint density at radius 1 is 0.957 bits per heavy atom. The normalized spacial score (nSPS) is 11.0. The Morgan fingerprint density at radius 2 is 1.70 bits per heavy atom. The number of rotatable bonds is 3. The van der Waals surface area contributed by atoms with E-state index in [4.69, 9.17) is 0 Å². The molecule has 23 heavy (non-hydrogen) atoms. The molecule has 2 nitrogen and oxygen atoms in total. The summed E-state index contributed by atoms with van der Waals surface area (Å²) in [5.74, 6) is -4.33. The first-order valence-corrected chi connectivity index (χ1v) is 7.35. The van der Waals surface area contributed by atoms with E-state index in [1.165, 1.54) is 12.3 Å². The first kappa shape index (κ1) is 15.7. The maximum absolute atomic E-state index is 13.9. The molecule has 1 heterocycles. The standard InChI is InChI=1S/C16H9BrF4N2/c17-11-7-9(1-3-12(11)18)8-23-6-5-22-16(23)10-2-4-13(19)15(21)14(10)20/h1-7H,8H2. The molecule has 0 aliphatic heterocycles. The highest BCUT2D eigenvalue weighted by atomic mass is 79.9. The van der Waals surface area contributed by atoms with Gasteiger partial charge in [0.25, 0.3) is 0 Å². The number of imidazole rings is 1. The summed E-state index contributed by atoms with van der Waals surface area (Å²) in [6.07, 6.45) is 3.00. The Bertz CT molecular complexity index is 877. The minimum absolute atomic E-state index is 0.143.